The number of nitrogens with zero attached hydrogens (tertiary/aromatic N) is 1. The largest absolute Gasteiger partial charge is 0.493 e. The maximum absolute atomic E-state index is 12.6. The molecule has 2 nitrogen and oxygen atoms in total. The van der Waals surface area contributed by atoms with Crippen molar-refractivity contribution in [2.24, 2.45) is 0 Å². The first-order chi connectivity index (χ1) is 8.52. The third-order valence-electron chi connectivity index (χ3n) is 2.49. The predicted octanol–water partition coefficient (Wildman–Crippen LogP) is 4.04. The second-order valence-electron chi connectivity index (χ2n) is 3.89. The summed E-state index contributed by atoms with van der Waals surface area (Å²) in [6.07, 6.45) is -2.03. The zero-order valence-corrected chi connectivity index (χ0v) is 9.79. The first-order valence-electron chi connectivity index (χ1n) is 5.61. The third kappa shape index (κ3) is 2.55. The van der Waals surface area contributed by atoms with Crippen LogP contribution in [0.2, 0.25) is 0 Å². The van der Waals surface area contributed by atoms with E-state index in [0.717, 1.165) is 18.6 Å². The second-order valence-corrected chi connectivity index (χ2v) is 3.89. The van der Waals surface area contributed by atoms with Gasteiger partial charge in [-0.3, -0.25) is 4.98 Å². The van der Waals surface area contributed by atoms with Gasteiger partial charge in [0.1, 0.15) is 5.75 Å². The standard InChI is InChI=1S/C13H12F3NO/c1-2-7-18-12-5-6-17-11-4-3-9(8-10(11)12)13(14,15)16/h3-6,8H,2,7H2,1H3. The van der Waals surface area contributed by atoms with Crippen LogP contribution < -0.4 is 4.74 Å². The minimum absolute atomic E-state index is 0.390. The van der Waals surface area contributed by atoms with Crippen LogP contribution in [0.25, 0.3) is 10.9 Å². The van der Waals surface area contributed by atoms with E-state index in [-0.39, 0.29) is 0 Å². The van der Waals surface area contributed by atoms with E-state index < -0.39 is 11.7 Å². The number of ether oxygens (including phenoxy) is 1. The second kappa shape index (κ2) is 4.84. The quantitative estimate of drug-likeness (QED) is 0.825. The van der Waals surface area contributed by atoms with Crippen molar-refractivity contribution >= 4 is 10.9 Å². The molecule has 2 rings (SSSR count). The van der Waals surface area contributed by atoms with Crippen LogP contribution >= 0.6 is 0 Å². The molecule has 1 heterocycles. The average molecular weight is 255 g/mol. The highest BCUT2D eigenvalue weighted by molar-refractivity contribution is 5.85. The number of alkyl halides is 3. The molecule has 0 bridgehead atoms. The van der Waals surface area contributed by atoms with Gasteiger partial charge in [0.2, 0.25) is 0 Å². The molecule has 1 aromatic heterocycles. The number of halogens is 3. The molecule has 0 aliphatic heterocycles. The highest BCUT2D eigenvalue weighted by atomic mass is 19.4. The summed E-state index contributed by atoms with van der Waals surface area (Å²) in [5.74, 6) is 0.438. The van der Waals surface area contributed by atoms with Crippen LogP contribution in [0.1, 0.15) is 18.9 Å². The van der Waals surface area contributed by atoms with Gasteiger partial charge in [0, 0.05) is 11.6 Å². The van der Waals surface area contributed by atoms with Crippen molar-refractivity contribution in [3.05, 3.63) is 36.0 Å². The lowest BCUT2D eigenvalue weighted by Crippen LogP contribution is -2.05. The molecule has 5 heteroatoms. The van der Waals surface area contributed by atoms with Crippen molar-refractivity contribution in [3.63, 3.8) is 0 Å². The summed E-state index contributed by atoms with van der Waals surface area (Å²) >= 11 is 0. The molecule has 18 heavy (non-hydrogen) atoms. The lowest BCUT2D eigenvalue weighted by Gasteiger charge is -2.11. The molecule has 0 amide bonds. The molecule has 0 fully saturated rings. The summed E-state index contributed by atoms with van der Waals surface area (Å²) < 4.78 is 43.3. The molecule has 0 unspecified atom stereocenters. The van der Waals surface area contributed by atoms with E-state index in [1.807, 2.05) is 6.92 Å². The third-order valence-corrected chi connectivity index (χ3v) is 2.49. The topological polar surface area (TPSA) is 22.1 Å². The highest BCUT2D eigenvalue weighted by Crippen LogP contribution is 2.33. The van der Waals surface area contributed by atoms with E-state index in [2.05, 4.69) is 4.98 Å². The zero-order chi connectivity index (χ0) is 13.2. The fourth-order valence-electron chi connectivity index (χ4n) is 1.64. The number of hydrogen-bond donors (Lipinski definition) is 0. The molecule has 0 spiro atoms. The van der Waals surface area contributed by atoms with Crippen LogP contribution in [0.4, 0.5) is 13.2 Å². The van der Waals surface area contributed by atoms with Gasteiger partial charge in [-0.2, -0.15) is 13.2 Å². The van der Waals surface area contributed by atoms with E-state index in [0.29, 0.717) is 23.3 Å². The summed E-state index contributed by atoms with van der Waals surface area (Å²) in [6, 6.07) is 5.04. The number of aromatic nitrogens is 1. The summed E-state index contributed by atoms with van der Waals surface area (Å²) in [7, 11) is 0. The first kappa shape index (κ1) is 12.7. The molecule has 0 aliphatic carbocycles. The maximum atomic E-state index is 12.6. The van der Waals surface area contributed by atoms with Crippen LogP contribution in [-0.2, 0) is 6.18 Å². The number of benzene rings is 1. The maximum Gasteiger partial charge on any atom is 0.416 e. The Labute approximate surface area is 102 Å². The van der Waals surface area contributed by atoms with Gasteiger partial charge in [0.25, 0.3) is 0 Å². The zero-order valence-electron chi connectivity index (χ0n) is 9.79. The predicted molar refractivity (Wildman–Crippen MR) is 62.5 cm³/mol. The summed E-state index contributed by atoms with van der Waals surface area (Å²) in [4.78, 5) is 4.03. The molecular weight excluding hydrogens is 243 g/mol. The monoisotopic (exact) mass is 255 g/mol. The summed E-state index contributed by atoms with van der Waals surface area (Å²) in [6.45, 7) is 2.40. The molecule has 0 aliphatic rings. The van der Waals surface area contributed by atoms with Gasteiger partial charge >= 0.3 is 6.18 Å². The molecule has 0 N–H and O–H groups in total. The molecule has 2 aromatic rings. The molecule has 1 aromatic carbocycles. The van der Waals surface area contributed by atoms with Gasteiger partial charge in [-0.05, 0) is 30.7 Å². The molecule has 0 saturated heterocycles. The first-order valence-corrected chi connectivity index (χ1v) is 5.61. The van der Waals surface area contributed by atoms with E-state index in [4.69, 9.17) is 4.74 Å². The highest BCUT2D eigenvalue weighted by Gasteiger charge is 2.30. The number of rotatable bonds is 3. The Bertz CT molecular complexity index is 551. The van der Waals surface area contributed by atoms with Crippen LogP contribution in [-0.4, -0.2) is 11.6 Å². The summed E-state index contributed by atoms with van der Waals surface area (Å²) in [5.41, 5.74) is -0.194. The van der Waals surface area contributed by atoms with Gasteiger partial charge in [-0.15, -0.1) is 0 Å². The van der Waals surface area contributed by atoms with Crippen LogP contribution in [0.15, 0.2) is 30.5 Å². The Morgan fingerprint density at radius 1 is 1.22 bits per heavy atom. The van der Waals surface area contributed by atoms with Gasteiger partial charge in [0.05, 0.1) is 17.7 Å². The van der Waals surface area contributed by atoms with Crippen molar-refractivity contribution in [1.82, 2.24) is 4.98 Å². The average Bonchev–Trinajstić information content (AvgIpc) is 2.34. The molecular formula is C13H12F3NO. The lowest BCUT2D eigenvalue weighted by molar-refractivity contribution is -0.137. The molecule has 0 saturated carbocycles. The van der Waals surface area contributed by atoms with E-state index in [1.165, 1.54) is 12.3 Å². The van der Waals surface area contributed by atoms with Crippen molar-refractivity contribution in [2.75, 3.05) is 6.61 Å². The van der Waals surface area contributed by atoms with Gasteiger partial charge in [0.15, 0.2) is 0 Å². The number of fused-ring (bicyclic) bond motifs is 1. The van der Waals surface area contributed by atoms with Crippen molar-refractivity contribution < 1.29 is 17.9 Å². The van der Waals surface area contributed by atoms with E-state index in [1.54, 1.807) is 6.07 Å². The van der Waals surface area contributed by atoms with Gasteiger partial charge in [-0.1, -0.05) is 6.92 Å². The van der Waals surface area contributed by atoms with Crippen molar-refractivity contribution in [1.29, 1.82) is 0 Å². The van der Waals surface area contributed by atoms with E-state index in [9.17, 15) is 13.2 Å². The Morgan fingerprint density at radius 2 is 2.00 bits per heavy atom. The Kier molecular flexibility index (Phi) is 3.41. The fourth-order valence-corrected chi connectivity index (χ4v) is 1.64. The fraction of sp³-hybridized carbons (Fsp3) is 0.308. The van der Waals surface area contributed by atoms with Crippen LogP contribution in [0.3, 0.4) is 0 Å². The minimum Gasteiger partial charge on any atom is -0.493 e. The van der Waals surface area contributed by atoms with Gasteiger partial charge < -0.3 is 4.74 Å². The van der Waals surface area contributed by atoms with Crippen LogP contribution in [0.5, 0.6) is 5.75 Å². The Balaban J connectivity index is 2.51. The van der Waals surface area contributed by atoms with E-state index >= 15 is 0 Å². The van der Waals surface area contributed by atoms with Crippen molar-refractivity contribution in [2.45, 2.75) is 19.5 Å². The Hall–Kier alpha value is -1.78. The number of hydrogen-bond acceptors (Lipinski definition) is 2. The normalized spacial score (nSPS) is 11.8. The summed E-state index contributed by atoms with van der Waals surface area (Å²) in [5, 5.41) is 0.390. The van der Waals surface area contributed by atoms with Crippen molar-refractivity contribution in [3.8, 4) is 5.75 Å². The Morgan fingerprint density at radius 3 is 2.67 bits per heavy atom. The smallest absolute Gasteiger partial charge is 0.416 e. The van der Waals surface area contributed by atoms with Gasteiger partial charge in [-0.25, -0.2) is 0 Å². The van der Waals surface area contributed by atoms with Crippen LogP contribution in [0, 0.1) is 0 Å². The molecule has 0 atom stereocenters. The molecule has 0 radical (unpaired) electrons. The number of pyridine rings is 1. The minimum atomic E-state index is -4.36. The molecule has 96 valence electrons. The SMILES string of the molecule is CCCOc1ccnc2ccc(C(F)(F)F)cc12. The lowest BCUT2D eigenvalue weighted by atomic mass is 10.1.